The van der Waals surface area contributed by atoms with Gasteiger partial charge in [-0.15, -0.1) is 0 Å². The first kappa shape index (κ1) is 15.1. The normalized spacial score (nSPS) is 12.2. The molecule has 0 atom stereocenters. The minimum Gasteiger partial charge on any atom is -0.455 e. The second-order valence-corrected chi connectivity index (χ2v) is 5.28. The molecule has 0 aliphatic carbocycles. The molecule has 3 nitrogen and oxygen atoms in total. The molecule has 2 rings (SSSR count). The zero-order chi connectivity index (χ0) is 15.4. The van der Waals surface area contributed by atoms with E-state index in [0.717, 1.165) is 22.6 Å². The number of allylic oxidation sites excluding steroid dienone is 1. The molecule has 2 aromatic rings. The number of carbonyl (C=O) groups excluding carboxylic acids is 1. The molecule has 0 saturated heterocycles. The van der Waals surface area contributed by atoms with Gasteiger partial charge in [0.05, 0.1) is 5.70 Å². The highest BCUT2D eigenvalue weighted by Crippen LogP contribution is 2.28. The van der Waals surface area contributed by atoms with Crippen molar-refractivity contribution < 1.29 is 9.21 Å². The minimum atomic E-state index is 0.0620. The average Bonchev–Trinajstić information content (AvgIpc) is 2.94. The molecule has 21 heavy (non-hydrogen) atoms. The minimum absolute atomic E-state index is 0.0620. The van der Waals surface area contributed by atoms with E-state index in [0.29, 0.717) is 5.76 Å². The summed E-state index contributed by atoms with van der Waals surface area (Å²) < 4.78 is 5.93. The van der Waals surface area contributed by atoms with Crippen molar-refractivity contribution in [1.82, 2.24) is 5.32 Å². The van der Waals surface area contributed by atoms with Crippen molar-refractivity contribution in [3.8, 4) is 11.3 Å². The summed E-state index contributed by atoms with van der Waals surface area (Å²) in [4.78, 5) is 11.9. The van der Waals surface area contributed by atoms with Gasteiger partial charge in [0.15, 0.2) is 11.5 Å². The first-order valence-electron chi connectivity index (χ1n) is 7.13. The van der Waals surface area contributed by atoms with Gasteiger partial charge in [-0.2, -0.15) is 0 Å². The molecule has 0 spiro atoms. The standard InChI is InChI=1S/C18H21NO2/c1-12(2)17(13(3)20)18(19-4)16-11-10-15(21-16)14-8-6-5-7-9-14/h5-12,19H,1-4H3/b18-17-. The van der Waals surface area contributed by atoms with Crippen LogP contribution < -0.4 is 5.32 Å². The van der Waals surface area contributed by atoms with Crippen LogP contribution >= 0.6 is 0 Å². The van der Waals surface area contributed by atoms with Crippen LogP contribution in [0.4, 0.5) is 0 Å². The van der Waals surface area contributed by atoms with Gasteiger partial charge in [0.2, 0.25) is 0 Å². The number of benzene rings is 1. The van der Waals surface area contributed by atoms with Crippen molar-refractivity contribution in [3.63, 3.8) is 0 Å². The lowest BCUT2D eigenvalue weighted by Crippen LogP contribution is -2.15. The summed E-state index contributed by atoms with van der Waals surface area (Å²) in [5, 5.41) is 3.11. The van der Waals surface area contributed by atoms with Gasteiger partial charge in [0.25, 0.3) is 0 Å². The number of carbonyl (C=O) groups is 1. The lowest BCUT2D eigenvalue weighted by molar-refractivity contribution is -0.114. The summed E-state index contributed by atoms with van der Waals surface area (Å²) in [6.45, 7) is 5.61. The second kappa shape index (κ2) is 6.44. The smallest absolute Gasteiger partial charge is 0.158 e. The number of furan rings is 1. The molecule has 0 bridgehead atoms. The molecule has 1 aromatic carbocycles. The summed E-state index contributed by atoms with van der Waals surface area (Å²) >= 11 is 0. The number of Topliss-reactive ketones (excluding diaryl/α,β-unsaturated/α-hetero) is 1. The van der Waals surface area contributed by atoms with Crippen molar-refractivity contribution in [1.29, 1.82) is 0 Å². The van der Waals surface area contributed by atoms with Crippen molar-refractivity contribution in [2.45, 2.75) is 20.8 Å². The Bertz CT molecular complexity index is 651. The largest absolute Gasteiger partial charge is 0.455 e. The summed E-state index contributed by atoms with van der Waals surface area (Å²) in [5.74, 6) is 1.68. The summed E-state index contributed by atoms with van der Waals surface area (Å²) in [6.07, 6.45) is 0. The summed E-state index contributed by atoms with van der Waals surface area (Å²) in [5.41, 5.74) is 2.54. The van der Waals surface area contributed by atoms with E-state index >= 15 is 0 Å². The molecule has 0 radical (unpaired) electrons. The van der Waals surface area contributed by atoms with E-state index < -0.39 is 0 Å². The molecule has 0 fully saturated rings. The van der Waals surface area contributed by atoms with Crippen LogP contribution in [-0.4, -0.2) is 12.8 Å². The fraction of sp³-hybridized carbons (Fsp3) is 0.278. The Hall–Kier alpha value is -2.29. The Morgan fingerprint density at radius 1 is 1.10 bits per heavy atom. The fourth-order valence-corrected chi connectivity index (χ4v) is 2.49. The van der Waals surface area contributed by atoms with Gasteiger partial charge in [0.1, 0.15) is 5.76 Å². The van der Waals surface area contributed by atoms with Crippen LogP contribution in [0.25, 0.3) is 17.0 Å². The zero-order valence-electron chi connectivity index (χ0n) is 12.9. The molecular formula is C18H21NO2. The van der Waals surface area contributed by atoms with Crippen molar-refractivity contribution in [3.05, 3.63) is 53.8 Å². The monoisotopic (exact) mass is 283 g/mol. The lowest BCUT2D eigenvalue weighted by Gasteiger charge is -2.14. The van der Waals surface area contributed by atoms with E-state index in [1.807, 2.05) is 63.4 Å². The third-order valence-corrected chi connectivity index (χ3v) is 3.39. The molecule has 1 aromatic heterocycles. The highest BCUT2D eigenvalue weighted by atomic mass is 16.3. The Labute approximate surface area is 125 Å². The molecule has 0 amide bonds. The Morgan fingerprint density at radius 3 is 2.29 bits per heavy atom. The lowest BCUT2D eigenvalue weighted by atomic mass is 9.96. The van der Waals surface area contributed by atoms with Crippen molar-refractivity contribution >= 4 is 11.5 Å². The molecule has 0 aliphatic rings. The highest BCUT2D eigenvalue weighted by Gasteiger charge is 2.18. The van der Waals surface area contributed by atoms with Gasteiger partial charge in [-0.25, -0.2) is 0 Å². The molecule has 0 unspecified atom stereocenters. The quantitative estimate of drug-likeness (QED) is 0.839. The highest BCUT2D eigenvalue weighted by molar-refractivity contribution is 6.00. The number of ketones is 1. The summed E-state index contributed by atoms with van der Waals surface area (Å²) in [6, 6.07) is 13.8. The van der Waals surface area contributed by atoms with Gasteiger partial charge in [-0.05, 0) is 25.0 Å². The average molecular weight is 283 g/mol. The van der Waals surface area contributed by atoms with Crippen LogP contribution in [-0.2, 0) is 4.79 Å². The fourth-order valence-electron chi connectivity index (χ4n) is 2.49. The maximum absolute atomic E-state index is 11.9. The Morgan fingerprint density at radius 2 is 1.76 bits per heavy atom. The molecule has 0 aliphatic heterocycles. The summed E-state index contributed by atoms with van der Waals surface area (Å²) in [7, 11) is 1.81. The number of hydrogen-bond acceptors (Lipinski definition) is 3. The molecular weight excluding hydrogens is 262 g/mol. The third-order valence-electron chi connectivity index (χ3n) is 3.39. The van der Waals surface area contributed by atoms with Gasteiger partial charge < -0.3 is 9.73 Å². The van der Waals surface area contributed by atoms with Gasteiger partial charge in [-0.1, -0.05) is 44.2 Å². The Kier molecular flexibility index (Phi) is 4.63. The number of nitrogens with one attached hydrogen (secondary N) is 1. The number of rotatable bonds is 5. The molecule has 1 N–H and O–H groups in total. The Balaban J connectivity index is 2.48. The van der Waals surface area contributed by atoms with Gasteiger partial charge >= 0.3 is 0 Å². The zero-order valence-corrected chi connectivity index (χ0v) is 12.9. The van der Waals surface area contributed by atoms with E-state index in [-0.39, 0.29) is 11.7 Å². The molecule has 1 heterocycles. The molecule has 0 saturated carbocycles. The molecule has 3 heteroatoms. The van der Waals surface area contributed by atoms with E-state index in [2.05, 4.69) is 5.32 Å². The van der Waals surface area contributed by atoms with Gasteiger partial charge in [0, 0.05) is 18.2 Å². The van der Waals surface area contributed by atoms with Crippen molar-refractivity contribution in [2.24, 2.45) is 5.92 Å². The van der Waals surface area contributed by atoms with Crippen LogP contribution in [0.3, 0.4) is 0 Å². The maximum atomic E-state index is 11.9. The van der Waals surface area contributed by atoms with Crippen LogP contribution in [0.1, 0.15) is 26.5 Å². The van der Waals surface area contributed by atoms with Crippen molar-refractivity contribution in [2.75, 3.05) is 7.05 Å². The van der Waals surface area contributed by atoms with E-state index in [9.17, 15) is 4.79 Å². The number of hydrogen-bond donors (Lipinski definition) is 1. The van der Waals surface area contributed by atoms with Gasteiger partial charge in [-0.3, -0.25) is 4.79 Å². The SMILES string of the molecule is CN/C(=C(\C(C)=O)C(C)C)c1ccc(-c2ccccc2)o1. The topological polar surface area (TPSA) is 42.2 Å². The van der Waals surface area contributed by atoms with Crippen LogP contribution in [0.15, 0.2) is 52.5 Å². The van der Waals surface area contributed by atoms with Crippen LogP contribution in [0, 0.1) is 5.92 Å². The predicted octanol–water partition coefficient (Wildman–Crippen LogP) is 4.12. The van der Waals surface area contributed by atoms with E-state index in [1.165, 1.54) is 0 Å². The third kappa shape index (κ3) is 3.24. The van der Waals surface area contributed by atoms with Crippen LogP contribution in [0.5, 0.6) is 0 Å². The maximum Gasteiger partial charge on any atom is 0.158 e. The second-order valence-electron chi connectivity index (χ2n) is 5.28. The first-order valence-corrected chi connectivity index (χ1v) is 7.13. The van der Waals surface area contributed by atoms with Crippen LogP contribution in [0.2, 0.25) is 0 Å². The predicted molar refractivity (Wildman–Crippen MR) is 85.6 cm³/mol. The van der Waals surface area contributed by atoms with E-state index in [4.69, 9.17) is 4.42 Å². The first-order chi connectivity index (χ1) is 10.0. The van der Waals surface area contributed by atoms with E-state index in [1.54, 1.807) is 6.92 Å². The molecule has 110 valence electrons.